The summed E-state index contributed by atoms with van der Waals surface area (Å²) in [6.07, 6.45) is 4.76. The van der Waals surface area contributed by atoms with Gasteiger partial charge in [-0.1, -0.05) is 30.7 Å². The topological polar surface area (TPSA) is 75.4 Å². The Labute approximate surface area is 182 Å². The number of carbonyl (C=O) groups is 2. The van der Waals surface area contributed by atoms with Crippen LogP contribution in [0.5, 0.6) is 0 Å². The van der Waals surface area contributed by atoms with Crippen LogP contribution >= 0.6 is 11.6 Å². The lowest BCUT2D eigenvalue weighted by Gasteiger charge is -2.23. The first-order valence-electron chi connectivity index (χ1n) is 10.1. The van der Waals surface area contributed by atoms with Gasteiger partial charge in [-0.25, -0.2) is 9.18 Å². The Hall–Kier alpha value is -3.19. The largest absolute Gasteiger partial charge is 0.478 e. The lowest BCUT2D eigenvalue weighted by molar-refractivity contribution is -0.122. The van der Waals surface area contributed by atoms with Crippen LogP contribution in [0.3, 0.4) is 0 Å². The summed E-state index contributed by atoms with van der Waals surface area (Å²) in [6.45, 7) is 2.77. The summed E-state index contributed by atoms with van der Waals surface area (Å²) < 4.78 is 16.8. The highest BCUT2D eigenvalue weighted by atomic mass is 35.5. The van der Waals surface area contributed by atoms with E-state index in [1.165, 1.54) is 6.07 Å². The van der Waals surface area contributed by atoms with E-state index in [0.717, 1.165) is 18.5 Å². The molecule has 1 N–H and O–H groups in total. The zero-order valence-corrected chi connectivity index (χ0v) is 17.5. The monoisotopic (exact) mass is 439 g/mol. The van der Waals surface area contributed by atoms with Crippen LogP contribution in [0, 0.1) is 5.82 Å². The molecule has 1 atom stereocenters. The van der Waals surface area contributed by atoms with E-state index in [9.17, 15) is 19.1 Å². The van der Waals surface area contributed by atoms with Crippen LogP contribution < -0.4 is 4.90 Å². The molecule has 1 aliphatic heterocycles. The number of anilines is 2. The maximum absolute atomic E-state index is 15.0. The van der Waals surface area contributed by atoms with Crippen LogP contribution in [0.25, 0.3) is 0 Å². The predicted octanol–water partition coefficient (Wildman–Crippen LogP) is 4.50. The van der Waals surface area contributed by atoms with Gasteiger partial charge in [-0.15, -0.1) is 0 Å². The van der Waals surface area contributed by atoms with Gasteiger partial charge < -0.3 is 5.11 Å². The Morgan fingerprint density at radius 3 is 2.84 bits per heavy atom. The van der Waals surface area contributed by atoms with E-state index in [0.29, 0.717) is 28.4 Å². The third-order valence-corrected chi connectivity index (χ3v) is 6.44. The molecular weight excluding hydrogens is 421 g/mol. The molecule has 2 aliphatic rings. The normalized spacial score (nSPS) is 19.2. The number of carboxylic acids is 1. The highest BCUT2D eigenvalue weighted by Crippen LogP contribution is 2.53. The van der Waals surface area contributed by atoms with Gasteiger partial charge in [-0.05, 0) is 54.2 Å². The molecule has 1 amide bonds. The number of benzene rings is 2. The molecule has 1 spiro atoms. The molecule has 31 heavy (non-hydrogen) atoms. The fourth-order valence-electron chi connectivity index (χ4n) is 4.82. The second kappa shape index (κ2) is 6.92. The number of fused-ring (bicyclic) bond motifs is 3. The van der Waals surface area contributed by atoms with E-state index in [-0.39, 0.29) is 23.5 Å². The van der Waals surface area contributed by atoms with Crippen molar-refractivity contribution in [1.82, 2.24) is 9.78 Å². The number of rotatable bonds is 4. The van der Waals surface area contributed by atoms with Crippen molar-refractivity contribution in [1.29, 1.82) is 0 Å². The fourth-order valence-corrected chi connectivity index (χ4v) is 4.99. The SMILES string of the molecule is CCCn1cc(N2C(=O)[C@]3(Cc4ccc(C(=O)O)c(F)c4C3)c3ccc(Cl)cc32)cn1. The number of carboxylic acid groups (broad SMARTS) is 1. The van der Waals surface area contributed by atoms with Crippen molar-refractivity contribution in [3.8, 4) is 0 Å². The van der Waals surface area contributed by atoms with Crippen LogP contribution in [0.4, 0.5) is 15.8 Å². The summed E-state index contributed by atoms with van der Waals surface area (Å²) in [5.74, 6) is -2.27. The second-order valence-corrected chi connectivity index (χ2v) is 8.51. The average Bonchev–Trinajstić information content (AvgIpc) is 3.39. The Kier molecular flexibility index (Phi) is 4.41. The first kappa shape index (κ1) is 19.8. The van der Waals surface area contributed by atoms with Crippen LogP contribution in [0.15, 0.2) is 42.7 Å². The van der Waals surface area contributed by atoms with Crippen molar-refractivity contribution < 1.29 is 19.1 Å². The molecule has 2 heterocycles. The maximum Gasteiger partial charge on any atom is 0.338 e. The van der Waals surface area contributed by atoms with Gasteiger partial charge in [0, 0.05) is 17.8 Å². The van der Waals surface area contributed by atoms with Crippen molar-refractivity contribution in [2.24, 2.45) is 0 Å². The summed E-state index contributed by atoms with van der Waals surface area (Å²) in [6, 6.07) is 8.16. The molecule has 0 unspecified atom stereocenters. The zero-order chi connectivity index (χ0) is 21.9. The van der Waals surface area contributed by atoms with E-state index in [4.69, 9.17) is 11.6 Å². The third-order valence-electron chi connectivity index (χ3n) is 6.20. The molecule has 0 fully saturated rings. The van der Waals surface area contributed by atoms with Gasteiger partial charge in [-0.2, -0.15) is 5.10 Å². The summed E-state index contributed by atoms with van der Waals surface area (Å²) in [5, 5.41) is 14.1. The number of amides is 1. The van der Waals surface area contributed by atoms with Gasteiger partial charge in [-0.3, -0.25) is 14.4 Å². The smallest absolute Gasteiger partial charge is 0.338 e. The minimum atomic E-state index is -1.32. The Balaban J connectivity index is 1.64. The molecule has 1 aliphatic carbocycles. The van der Waals surface area contributed by atoms with Crippen molar-refractivity contribution >= 4 is 34.9 Å². The molecular formula is C23H19ClFN3O3. The van der Waals surface area contributed by atoms with E-state index < -0.39 is 17.2 Å². The highest BCUT2D eigenvalue weighted by Gasteiger charge is 2.55. The van der Waals surface area contributed by atoms with E-state index in [1.54, 1.807) is 34.0 Å². The van der Waals surface area contributed by atoms with Crippen molar-refractivity contribution in [2.75, 3.05) is 4.90 Å². The van der Waals surface area contributed by atoms with Crippen molar-refractivity contribution in [3.63, 3.8) is 0 Å². The van der Waals surface area contributed by atoms with Gasteiger partial charge in [0.1, 0.15) is 5.82 Å². The summed E-state index contributed by atoms with van der Waals surface area (Å²) in [7, 11) is 0. The van der Waals surface area contributed by atoms with E-state index in [2.05, 4.69) is 5.10 Å². The number of aromatic carboxylic acids is 1. The zero-order valence-electron chi connectivity index (χ0n) is 16.7. The van der Waals surface area contributed by atoms with Gasteiger partial charge in [0.25, 0.3) is 0 Å². The Morgan fingerprint density at radius 1 is 1.29 bits per heavy atom. The number of aryl methyl sites for hydroxylation is 1. The summed E-state index contributed by atoms with van der Waals surface area (Å²) in [5.41, 5.74) is 1.60. The first-order valence-corrected chi connectivity index (χ1v) is 10.4. The molecule has 1 aromatic heterocycles. The number of aromatic nitrogens is 2. The van der Waals surface area contributed by atoms with Crippen molar-refractivity contribution in [2.45, 2.75) is 38.1 Å². The third kappa shape index (κ3) is 2.80. The first-order chi connectivity index (χ1) is 14.9. The molecule has 0 saturated carbocycles. The molecule has 0 radical (unpaired) electrons. The Bertz CT molecular complexity index is 1250. The molecule has 5 rings (SSSR count). The minimum Gasteiger partial charge on any atom is -0.478 e. The molecule has 8 heteroatoms. The van der Waals surface area contributed by atoms with Gasteiger partial charge >= 0.3 is 5.97 Å². The van der Waals surface area contributed by atoms with Gasteiger partial charge in [0.15, 0.2) is 0 Å². The molecule has 158 valence electrons. The van der Waals surface area contributed by atoms with Crippen LogP contribution in [0.1, 0.15) is 40.4 Å². The van der Waals surface area contributed by atoms with Crippen LogP contribution in [0.2, 0.25) is 5.02 Å². The van der Waals surface area contributed by atoms with Crippen molar-refractivity contribution in [3.05, 3.63) is 75.8 Å². The lowest BCUT2D eigenvalue weighted by atomic mass is 9.79. The molecule has 0 saturated heterocycles. The summed E-state index contributed by atoms with van der Waals surface area (Å²) in [4.78, 5) is 26.9. The predicted molar refractivity (Wildman–Crippen MR) is 114 cm³/mol. The molecule has 3 aromatic rings. The number of hydrogen-bond donors (Lipinski definition) is 1. The highest BCUT2D eigenvalue weighted by molar-refractivity contribution is 6.31. The van der Waals surface area contributed by atoms with E-state index >= 15 is 0 Å². The standard InChI is InChI=1S/C23H19ClFN3O3/c1-2-7-27-12-15(11-26-27)28-19-8-14(24)4-6-18(19)23(22(28)31)9-13-3-5-16(21(29)30)20(25)17(13)10-23/h3-6,8,11-12H,2,7,9-10H2,1H3,(H,29,30)/t23-/m0/s1. The quantitative estimate of drug-likeness (QED) is 0.649. The molecule has 6 nitrogen and oxygen atoms in total. The number of halogens is 2. The van der Waals surface area contributed by atoms with E-state index in [1.807, 2.05) is 19.2 Å². The van der Waals surface area contributed by atoms with Crippen LogP contribution in [-0.4, -0.2) is 26.8 Å². The number of nitrogens with zero attached hydrogens (tertiary/aromatic N) is 3. The number of carbonyl (C=O) groups excluding carboxylic acids is 1. The lowest BCUT2D eigenvalue weighted by Crippen LogP contribution is -2.39. The minimum absolute atomic E-state index is 0.0996. The second-order valence-electron chi connectivity index (χ2n) is 8.07. The fraction of sp³-hybridized carbons (Fsp3) is 0.261. The molecule has 0 bridgehead atoms. The number of hydrogen-bond acceptors (Lipinski definition) is 3. The van der Waals surface area contributed by atoms with Gasteiger partial charge in [0.2, 0.25) is 5.91 Å². The van der Waals surface area contributed by atoms with Gasteiger partial charge in [0.05, 0.1) is 28.6 Å². The molecule has 2 aromatic carbocycles. The Morgan fingerprint density at radius 2 is 2.10 bits per heavy atom. The average molecular weight is 440 g/mol. The van der Waals surface area contributed by atoms with Crippen LogP contribution in [-0.2, 0) is 29.6 Å². The maximum atomic E-state index is 15.0. The summed E-state index contributed by atoms with van der Waals surface area (Å²) >= 11 is 6.26.